The zero-order chi connectivity index (χ0) is 9.80. The fourth-order valence-electron chi connectivity index (χ4n) is 1.29. The van der Waals surface area contributed by atoms with Gasteiger partial charge in [0.05, 0.1) is 0 Å². The molecule has 0 N–H and O–H groups in total. The Kier molecular flexibility index (Phi) is 2.41. The van der Waals surface area contributed by atoms with Crippen molar-refractivity contribution in [2.24, 2.45) is 0 Å². The second-order valence-corrected chi connectivity index (χ2v) is 2.98. The highest BCUT2D eigenvalue weighted by atomic mass is 16.1. The van der Waals surface area contributed by atoms with Gasteiger partial charge in [-0.2, -0.15) is 0 Å². The van der Waals surface area contributed by atoms with Crippen molar-refractivity contribution in [3.8, 4) is 0 Å². The van der Waals surface area contributed by atoms with E-state index in [1.807, 2.05) is 30.3 Å². The Morgan fingerprint density at radius 3 is 2.07 bits per heavy atom. The first-order valence-electron chi connectivity index (χ1n) is 4.44. The second-order valence-electron chi connectivity index (χ2n) is 2.98. The van der Waals surface area contributed by atoms with E-state index in [4.69, 9.17) is 0 Å². The highest BCUT2D eigenvalue weighted by molar-refractivity contribution is 6.08. The van der Waals surface area contributed by atoms with Gasteiger partial charge in [-0.1, -0.05) is 54.6 Å². The molecule has 0 unspecified atom stereocenters. The molecule has 14 heavy (non-hydrogen) atoms. The molecule has 67 valence electrons. The molecule has 0 saturated heterocycles. The maximum absolute atomic E-state index is 11.8. The molecule has 0 aliphatic heterocycles. The zero-order valence-corrected chi connectivity index (χ0v) is 7.60. The van der Waals surface area contributed by atoms with E-state index in [1.165, 1.54) is 0 Å². The highest BCUT2D eigenvalue weighted by Crippen LogP contribution is 2.08. The average molecular weight is 181 g/mol. The van der Waals surface area contributed by atoms with Crippen LogP contribution in [0, 0.1) is 6.07 Å². The van der Waals surface area contributed by atoms with E-state index < -0.39 is 0 Å². The van der Waals surface area contributed by atoms with E-state index in [0.717, 1.165) is 5.56 Å². The molecule has 0 atom stereocenters. The molecular weight excluding hydrogens is 172 g/mol. The summed E-state index contributed by atoms with van der Waals surface area (Å²) < 4.78 is 0. The predicted molar refractivity (Wildman–Crippen MR) is 55.2 cm³/mol. The standard InChI is InChI=1S/C13H9O/c14-13(11-7-3-1-4-8-11)12-9-5-2-6-10-12/h1,3-10H. The van der Waals surface area contributed by atoms with Crippen molar-refractivity contribution in [2.45, 2.75) is 0 Å². The van der Waals surface area contributed by atoms with E-state index in [2.05, 4.69) is 6.07 Å². The average Bonchev–Trinajstić information content (AvgIpc) is 2.30. The van der Waals surface area contributed by atoms with Gasteiger partial charge >= 0.3 is 0 Å². The van der Waals surface area contributed by atoms with Crippen LogP contribution < -0.4 is 0 Å². The molecule has 0 bridgehead atoms. The summed E-state index contributed by atoms with van der Waals surface area (Å²) in [6, 6.07) is 19.2. The summed E-state index contributed by atoms with van der Waals surface area (Å²) in [5, 5.41) is 0. The van der Waals surface area contributed by atoms with Gasteiger partial charge in [-0.3, -0.25) is 4.79 Å². The number of ketones is 1. The van der Waals surface area contributed by atoms with Crippen LogP contribution in [0.25, 0.3) is 0 Å². The number of carbonyl (C=O) groups excluding carboxylic acids is 1. The molecule has 0 spiro atoms. The van der Waals surface area contributed by atoms with Gasteiger partial charge in [0.2, 0.25) is 0 Å². The molecule has 0 aliphatic carbocycles. The Morgan fingerprint density at radius 2 is 1.43 bits per heavy atom. The lowest BCUT2D eigenvalue weighted by molar-refractivity contribution is 0.103. The lowest BCUT2D eigenvalue weighted by Gasteiger charge is -1.99. The highest BCUT2D eigenvalue weighted by Gasteiger charge is 2.06. The molecule has 0 aliphatic rings. The molecule has 0 amide bonds. The molecular formula is C13H9O. The largest absolute Gasteiger partial charge is 0.289 e. The first-order valence-corrected chi connectivity index (χ1v) is 4.44. The van der Waals surface area contributed by atoms with Crippen molar-refractivity contribution in [1.82, 2.24) is 0 Å². The Morgan fingerprint density at radius 1 is 0.857 bits per heavy atom. The third-order valence-corrected chi connectivity index (χ3v) is 2.02. The van der Waals surface area contributed by atoms with Crippen LogP contribution >= 0.6 is 0 Å². The number of rotatable bonds is 2. The van der Waals surface area contributed by atoms with Crippen molar-refractivity contribution < 1.29 is 4.79 Å². The van der Waals surface area contributed by atoms with E-state index >= 15 is 0 Å². The van der Waals surface area contributed by atoms with Crippen molar-refractivity contribution in [2.75, 3.05) is 0 Å². The quantitative estimate of drug-likeness (QED) is 0.651. The maximum atomic E-state index is 11.8. The van der Waals surface area contributed by atoms with Gasteiger partial charge in [-0.05, 0) is 6.07 Å². The SMILES string of the molecule is O=C(c1cc[c]cc1)c1ccccc1. The second kappa shape index (κ2) is 3.88. The fraction of sp³-hybridized carbons (Fsp3) is 0. The van der Waals surface area contributed by atoms with Crippen LogP contribution in [0.2, 0.25) is 0 Å². The number of hydrogen-bond donors (Lipinski definition) is 0. The minimum Gasteiger partial charge on any atom is -0.289 e. The predicted octanol–water partition coefficient (Wildman–Crippen LogP) is 2.72. The molecule has 0 aromatic heterocycles. The summed E-state index contributed by atoms with van der Waals surface area (Å²) in [6.45, 7) is 0. The van der Waals surface area contributed by atoms with Gasteiger partial charge in [0.1, 0.15) is 0 Å². The molecule has 0 heterocycles. The fourth-order valence-corrected chi connectivity index (χ4v) is 1.29. The van der Waals surface area contributed by atoms with Gasteiger partial charge in [-0.15, -0.1) is 0 Å². The molecule has 0 fully saturated rings. The summed E-state index contributed by atoms with van der Waals surface area (Å²) in [5.41, 5.74) is 1.42. The Balaban J connectivity index is 2.35. The van der Waals surface area contributed by atoms with Crippen LogP contribution in [0.3, 0.4) is 0 Å². The van der Waals surface area contributed by atoms with E-state index in [0.29, 0.717) is 5.56 Å². The third kappa shape index (κ3) is 1.72. The summed E-state index contributed by atoms with van der Waals surface area (Å²) in [4.78, 5) is 11.8. The maximum Gasteiger partial charge on any atom is 0.193 e. The molecule has 2 aromatic carbocycles. The van der Waals surface area contributed by atoms with Gasteiger partial charge in [0.25, 0.3) is 0 Å². The Hall–Kier alpha value is -1.89. The molecule has 2 rings (SSSR count). The van der Waals surface area contributed by atoms with Crippen LogP contribution in [-0.4, -0.2) is 5.78 Å². The molecule has 1 heteroatoms. The van der Waals surface area contributed by atoms with Gasteiger partial charge in [0, 0.05) is 11.1 Å². The summed E-state index contributed by atoms with van der Waals surface area (Å²) in [6.07, 6.45) is 0. The van der Waals surface area contributed by atoms with Crippen LogP contribution in [0.15, 0.2) is 54.6 Å². The lowest BCUT2D eigenvalue weighted by atomic mass is 10.0. The van der Waals surface area contributed by atoms with Crippen LogP contribution in [0.1, 0.15) is 15.9 Å². The first-order chi connectivity index (χ1) is 6.88. The normalized spacial score (nSPS) is 9.71. The van der Waals surface area contributed by atoms with E-state index in [1.54, 1.807) is 24.3 Å². The van der Waals surface area contributed by atoms with Gasteiger partial charge in [0.15, 0.2) is 5.78 Å². The topological polar surface area (TPSA) is 17.1 Å². The Bertz CT molecular complexity index is 376. The number of carbonyl (C=O) groups is 1. The monoisotopic (exact) mass is 181 g/mol. The smallest absolute Gasteiger partial charge is 0.193 e. The molecule has 1 radical (unpaired) electrons. The molecule has 0 saturated carbocycles. The van der Waals surface area contributed by atoms with Crippen LogP contribution in [-0.2, 0) is 0 Å². The van der Waals surface area contributed by atoms with Crippen LogP contribution in [0.5, 0.6) is 0 Å². The van der Waals surface area contributed by atoms with Crippen molar-refractivity contribution in [3.63, 3.8) is 0 Å². The summed E-state index contributed by atoms with van der Waals surface area (Å²) >= 11 is 0. The molecule has 2 aromatic rings. The van der Waals surface area contributed by atoms with Gasteiger partial charge in [-0.25, -0.2) is 0 Å². The lowest BCUT2D eigenvalue weighted by Crippen LogP contribution is -1.99. The van der Waals surface area contributed by atoms with Gasteiger partial charge < -0.3 is 0 Å². The number of benzene rings is 2. The number of hydrogen-bond acceptors (Lipinski definition) is 1. The van der Waals surface area contributed by atoms with E-state index in [-0.39, 0.29) is 5.78 Å². The van der Waals surface area contributed by atoms with E-state index in [9.17, 15) is 4.79 Å². The molecule has 1 nitrogen and oxygen atoms in total. The minimum absolute atomic E-state index is 0.0552. The minimum atomic E-state index is 0.0552. The third-order valence-electron chi connectivity index (χ3n) is 2.02. The van der Waals surface area contributed by atoms with Crippen LogP contribution in [0.4, 0.5) is 0 Å². The zero-order valence-electron chi connectivity index (χ0n) is 7.60. The Labute approximate surface area is 83.0 Å². The van der Waals surface area contributed by atoms with Crippen molar-refractivity contribution in [3.05, 3.63) is 71.8 Å². The van der Waals surface area contributed by atoms with Crippen molar-refractivity contribution in [1.29, 1.82) is 0 Å². The first kappa shape index (κ1) is 8.70. The van der Waals surface area contributed by atoms with Crippen molar-refractivity contribution >= 4 is 5.78 Å². The summed E-state index contributed by atoms with van der Waals surface area (Å²) in [5.74, 6) is 0.0552. The summed E-state index contributed by atoms with van der Waals surface area (Å²) in [7, 11) is 0.